The molecule has 1 aromatic rings. The summed E-state index contributed by atoms with van der Waals surface area (Å²) in [6.07, 6.45) is 4.70. The van der Waals surface area contributed by atoms with Gasteiger partial charge in [-0.3, -0.25) is 0 Å². The van der Waals surface area contributed by atoms with Crippen molar-refractivity contribution in [3.05, 3.63) is 18.2 Å². The van der Waals surface area contributed by atoms with Crippen LogP contribution in [0.2, 0.25) is 0 Å². The smallest absolute Gasteiger partial charge is 0.0398 e. The molecule has 0 unspecified atom stereocenters. The molecule has 76 valence electrons. The van der Waals surface area contributed by atoms with Crippen molar-refractivity contribution in [2.24, 2.45) is 0 Å². The summed E-state index contributed by atoms with van der Waals surface area (Å²) in [6, 6.07) is 6.33. The Labute approximate surface area is 89.5 Å². The van der Waals surface area contributed by atoms with Gasteiger partial charge in [0.2, 0.25) is 0 Å². The Balaban J connectivity index is 2.27. The van der Waals surface area contributed by atoms with Crippen molar-refractivity contribution in [2.75, 3.05) is 30.0 Å². The maximum absolute atomic E-state index is 5.86. The fraction of sp³-hybridized carbons (Fsp3) is 0.455. The number of nitrogen functional groups attached to an aromatic ring is 1. The molecule has 2 nitrogen and oxygen atoms in total. The van der Waals surface area contributed by atoms with Crippen LogP contribution in [0.15, 0.2) is 23.1 Å². The summed E-state index contributed by atoms with van der Waals surface area (Å²) in [5.74, 6) is 0. The van der Waals surface area contributed by atoms with E-state index in [1.165, 1.54) is 36.5 Å². The first-order valence-corrected chi connectivity index (χ1v) is 6.21. The molecule has 1 aliphatic rings. The van der Waals surface area contributed by atoms with Crippen LogP contribution in [-0.4, -0.2) is 19.3 Å². The second-order valence-electron chi connectivity index (χ2n) is 3.66. The lowest BCUT2D eigenvalue weighted by molar-refractivity contribution is 0.949. The van der Waals surface area contributed by atoms with E-state index in [9.17, 15) is 0 Å². The Bertz CT molecular complexity index is 319. The molecule has 1 saturated heterocycles. The van der Waals surface area contributed by atoms with Gasteiger partial charge in [-0.15, -0.1) is 11.8 Å². The molecule has 2 rings (SSSR count). The summed E-state index contributed by atoms with van der Waals surface area (Å²) in [5.41, 5.74) is 8.02. The predicted octanol–water partition coefficient (Wildman–Crippen LogP) is 2.59. The molecule has 14 heavy (non-hydrogen) atoms. The van der Waals surface area contributed by atoms with Crippen molar-refractivity contribution in [1.82, 2.24) is 0 Å². The van der Waals surface area contributed by atoms with Crippen molar-refractivity contribution in [3.63, 3.8) is 0 Å². The number of hydrogen-bond donors (Lipinski definition) is 1. The lowest BCUT2D eigenvalue weighted by Crippen LogP contribution is -2.17. The van der Waals surface area contributed by atoms with Gasteiger partial charge in [0.05, 0.1) is 0 Å². The van der Waals surface area contributed by atoms with Crippen LogP contribution in [0.25, 0.3) is 0 Å². The van der Waals surface area contributed by atoms with Gasteiger partial charge in [-0.1, -0.05) is 0 Å². The first-order chi connectivity index (χ1) is 6.79. The van der Waals surface area contributed by atoms with Gasteiger partial charge in [-0.2, -0.15) is 0 Å². The molecule has 1 fully saturated rings. The van der Waals surface area contributed by atoms with Gasteiger partial charge in [0.1, 0.15) is 0 Å². The van der Waals surface area contributed by atoms with Crippen LogP contribution in [0.1, 0.15) is 12.8 Å². The summed E-state index contributed by atoms with van der Waals surface area (Å²) < 4.78 is 0. The molecule has 0 amide bonds. The molecule has 0 saturated carbocycles. The number of nitrogens with zero attached hydrogens (tertiary/aromatic N) is 1. The Morgan fingerprint density at radius 2 is 1.93 bits per heavy atom. The molecule has 1 heterocycles. The van der Waals surface area contributed by atoms with Crippen LogP contribution in [0.4, 0.5) is 11.4 Å². The molecular weight excluding hydrogens is 192 g/mol. The molecule has 0 spiro atoms. The standard InChI is InChI=1S/C11H16N2S/c1-14-11-7-9(12)6-10(8-11)13-4-2-3-5-13/h6-8H,2-5,12H2,1H3. The first kappa shape index (κ1) is 9.71. The highest BCUT2D eigenvalue weighted by Gasteiger charge is 2.12. The van der Waals surface area contributed by atoms with Crippen molar-refractivity contribution in [3.8, 4) is 0 Å². The SMILES string of the molecule is CSc1cc(N)cc(N2CCCC2)c1. The largest absolute Gasteiger partial charge is 0.399 e. The molecular formula is C11H16N2S. The maximum atomic E-state index is 5.86. The number of rotatable bonds is 2. The average molecular weight is 208 g/mol. The average Bonchev–Trinajstić information content (AvgIpc) is 2.69. The van der Waals surface area contributed by atoms with Gasteiger partial charge in [-0.05, 0) is 37.3 Å². The molecule has 0 atom stereocenters. The molecule has 0 bridgehead atoms. The Kier molecular flexibility index (Phi) is 2.87. The third-order valence-corrected chi connectivity index (χ3v) is 3.33. The van der Waals surface area contributed by atoms with Crippen molar-refractivity contribution in [1.29, 1.82) is 0 Å². The van der Waals surface area contributed by atoms with Crippen LogP contribution in [0.3, 0.4) is 0 Å². The number of hydrogen-bond acceptors (Lipinski definition) is 3. The van der Waals surface area contributed by atoms with Gasteiger partial charge >= 0.3 is 0 Å². The minimum absolute atomic E-state index is 0.874. The number of thioether (sulfide) groups is 1. The number of nitrogens with two attached hydrogens (primary N) is 1. The second-order valence-corrected chi connectivity index (χ2v) is 4.54. The molecule has 1 aromatic carbocycles. The van der Waals surface area contributed by atoms with E-state index < -0.39 is 0 Å². The third kappa shape index (κ3) is 1.98. The Morgan fingerprint density at radius 3 is 2.57 bits per heavy atom. The molecule has 3 heteroatoms. The van der Waals surface area contributed by atoms with E-state index in [1.54, 1.807) is 11.8 Å². The zero-order chi connectivity index (χ0) is 9.97. The zero-order valence-electron chi connectivity index (χ0n) is 8.49. The number of anilines is 2. The van der Waals surface area contributed by atoms with Crippen molar-refractivity contribution in [2.45, 2.75) is 17.7 Å². The minimum Gasteiger partial charge on any atom is -0.399 e. The minimum atomic E-state index is 0.874. The quantitative estimate of drug-likeness (QED) is 0.598. The lowest BCUT2D eigenvalue weighted by atomic mass is 10.2. The van der Waals surface area contributed by atoms with E-state index in [2.05, 4.69) is 23.3 Å². The van der Waals surface area contributed by atoms with Crippen LogP contribution >= 0.6 is 11.8 Å². The summed E-state index contributed by atoms with van der Waals surface area (Å²) in [4.78, 5) is 3.67. The molecule has 0 aliphatic carbocycles. The van der Waals surface area contributed by atoms with E-state index in [-0.39, 0.29) is 0 Å². The van der Waals surface area contributed by atoms with Crippen LogP contribution < -0.4 is 10.6 Å². The molecule has 0 aromatic heterocycles. The fourth-order valence-electron chi connectivity index (χ4n) is 1.88. The Hall–Kier alpha value is -0.830. The summed E-state index contributed by atoms with van der Waals surface area (Å²) in [6.45, 7) is 2.36. The Morgan fingerprint density at radius 1 is 1.21 bits per heavy atom. The molecule has 1 aliphatic heterocycles. The topological polar surface area (TPSA) is 29.3 Å². The normalized spacial score (nSPS) is 16.2. The van der Waals surface area contributed by atoms with Gasteiger partial charge in [0.15, 0.2) is 0 Å². The van der Waals surface area contributed by atoms with Crippen LogP contribution in [-0.2, 0) is 0 Å². The van der Waals surface area contributed by atoms with Gasteiger partial charge < -0.3 is 10.6 Å². The second kappa shape index (κ2) is 4.13. The monoisotopic (exact) mass is 208 g/mol. The highest BCUT2D eigenvalue weighted by molar-refractivity contribution is 7.98. The van der Waals surface area contributed by atoms with E-state index in [1.807, 2.05) is 6.07 Å². The summed E-state index contributed by atoms with van der Waals surface area (Å²) >= 11 is 1.75. The number of benzene rings is 1. The van der Waals surface area contributed by atoms with Gasteiger partial charge in [-0.25, -0.2) is 0 Å². The van der Waals surface area contributed by atoms with E-state index in [4.69, 9.17) is 5.73 Å². The fourth-order valence-corrected chi connectivity index (χ4v) is 2.37. The van der Waals surface area contributed by atoms with Crippen molar-refractivity contribution < 1.29 is 0 Å². The highest BCUT2D eigenvalue weighted by Crippen LogP contribution is 2.28. The van der Waals surface area contributed by atoms with Crippen LogP contribution in [0.5, 0.6) is 0 Å². The predicted molar refractivity (Wildman–Crippen MR) is 64.1 cm³/mol. The van der Waals surface area contributed by atoms with Gasteiger partial charge in [0.25, 0.3) is 0 Å². The van der Waals surface area contributed by atoms with Gasteiger partial charge in [0, 0.05) is 29.4 Å². The highest BCUT2D eigenvalue weighted by atomic mass is 32.2. The molecule has 0 radical (unpaired) electrons. The lowest BCUT2D eigenvalue weighted by Gasteiger charge is -2.18. The van der Waals surface area contributed by atoms with E-state index >= 15 is 0 Å². The van der Waals surface area contributed by atoms with E-state index in [0.29, 0.717) is 0 Å². The van der Waals surface area contributed by atoms with Crippen LogP contribution in [0, 0.1) is 0 Å². The van der Waals surface area contributed by atoms with Crippen molar-refractivity contribution >= 4 is 23.1 Å². The zero-order valence-corrected chi connectivity index (χ0v) is 9.31. The molecule has 2 N–H and O–H groups in total. The maximum Gasteiger partial charge on any atom is 0.0398 e. The first-order valence-electron chi connectivity index (χ1n) is 4.99. The van der Waals surface area contributed by atoms with E-state index in [0.717, 1.165) is 5.69 Å². The summed E-state index contributed by atoms with van der Waals surface area (Å²) in [5, 5.41) is 0. The third-order valence-electron chi connectivity index (χ3n) is 2.62. The summed E-state index contributed by atoms with van der Waals surface area (Å²) in [7, 11) is 0.